The van der Waals surface area contributed by atoms with E-state index in [4.69, 9.17) is 0 Å². The van der Waals surface area contributed by atoms with Gasteiger partial charge in [0.15, 0.2) is 0 Å². The zero-order chi connectivity index (χ0) is 13.2. The van der Waals surface area contributed by atoms with E-state index in [1.54, 1.807) is 0 Å². The molecule has 1 N–H and O–H groups in total. The molecule has 0 unspecified atom stereocenters. The van der Waals surface area contributed by atoms with Gasteiger partial charge in [0.1, 0.15) is 9.84 Å². The summed E-state index contributed by atoms with van der Waals surface area (Å²) < 4.78 is 23.4. The Morgan fingerprint density at radius 1 is 1.17 bits per heavy atom. The van der Waals surface area contributed by atoms with Gasteiger partial charge in [0.05, 0.1) is 11.5 Å². The SMILES string of the molecule is CC(C)CC1(N2CCNCC2)CCS(=O)(=O)CC1. The molecule has 2 aliphatic heterocycles. The second-order valence-electron chi connectivity index (χ2n) is 6.21. The third kappa shape index (κ3) is 3.25. The maximum absolute atomic E-state index is 11.7. The van der Waals surface area contributed by atoms with Gasteiger partial charge in [0.25, 0.3) is 0 Å². The van der Waals surface area contributed by atoms with Crippen LogP contribution in [0.3, 0.4) is 0 Å². The molecule has 0 amide bonds. The molecule has 2 saturated heterocycles. The van der Waals surface area contributed by atoms with Crippen LogP contribution >= 0.6 is 0 Å². The van der Waals surface area contributed by atoms with E-state index in [2.05, 4.69) is 24.1 Å². The first-order valence-electron chi connectivity index (χ1n) is 7.10. The Morgan fingerprint density at radius 2 is 1.72 bits per heavy atom. The molecule has 0 spiro atoms. The molecule has 2 fully saturated rings. The molecule has 2 rings (SSSR count). The van der Waals surface area contributed by atoms with Crippen LogP contribution in [0, 0.1) is 5.92 Å². The van der Waals surface area contributed by atoms with Gasteiger partial charge in [-0.2, -0.15) is 0 Å². The summed E-state index contributed by atoms with van der Waals surface area (Å²) in [5.41, 5.74) is 0.140. The van der Waals surface area contributed by atoms with Gasteiger partial charge >= 0.3 is 0 Å². The minimum atomic E-state index is -2.77. The van der Waals surface area contributed by atoms with Crippen LogP contribution in [0.25, 0.3) is 0 Å². The van der Waals surface area contributed by atoms with Crippen LogP contribution in [0.15, 0.2) is 0 Å². The second kappa shape index (κ2) is 5.47. The normalized spacial score (nSPS) is 28.4. The molecule has 5 heteroatoms. The van der Waals surface area contributed by atoms with Crippen LogP contribution in [0.1, 0.15) is 33.1 Å². The van der Waals surface area contributed by atoms with E-state index in [0.717, 1.165) is 45.4 Å². The lowest BCUT2D eigenvalue weighted by Gasteiger charge is -2.49. The van der Waals surface area contributed by atoms with E-state index in [1.165, 1.54) is 0 Å². The summed E-state index contributed by atoms with van der Waals surface area (Å²) in [5.74, 6) is 1.38. The molecule has 0 aromatic carbocycles. The fourth-order valence-electron chi connectivity index (χ4n) is 3.47. The van der Waals surface area contributed by atoms with Crippen molar-refractivity contribution >= 4 is 9.84 Å². The van der Waals surface area contributed by atoms with E-state index < -0.39 is 9.84 Å². The lowest BCUT2D eigenvalue weighted by Crippen LogP contribution is -2.59. The molecule has 0 bridgehead atoms. The zero-order valence-corrected chi connectivity index (χ0v) is 12.4. The number of rotatable bonds is 3. The van der Waals surface area contributed by atoms with Crippen LogP contribution in [-0.4, -0.2) is 56.5 Å². The molecular formula is C13H26N2O2S. The van der Waals surface area contributed by atoms with Crippen molar-refractivity contribution in [2.75, 3.05) is 37.7 Å². The zero-order valence-electron chi connectivity index (χ0n) is 11.6. The number of hydrogen-bond acceptors (Lipinski definition) is 4. The van der Waals surface area contributed by atoms with Crippen molar-refractivity contribution < 1.29 is 8.42 Å². The van der Waals surface area contributed by atoms with Crippen LogP contribution < -0.4 is 5.32 Å². The van der Waals surface area contributed by atoms with Gasteiger partial charge in [-0.25, -0.2) is 8.42 Å². The number of nitrogens with one attached hydrogen (secondary N) is 1. The monoisotopic (exact) mass is 274 g/mol. The molecule has 0 radical (unpaired) electrons. The van der Waals surface area contributed by atoms with Gasteiger partial charge in [-0.15, -0.1) is 0 Å². The van der Waals surface area contributed by atoms with Crippen LogP contribution in [-0.2, 0) is 9.84 Å². The van der Waals surface area contributed by atoms with Gasteiger partial charge in [0, 0.05) is 31.7 Å². The Bertz CT molecular complexity index is 358. The van der Waals surface area contributed by atoms with Crippen molar-refractivity contribution in [3.8, 4) is 0 Å². The Hall–Kier alpha value is -0.130. The summed E-state index contributed by atoms with van der Waals surface area (Å²) in [6.45, 7) is 8.68. The van der Waals surface area contributed by atoms with Crippen molar-refractivity contribution in [3.05, 3.63) is 0 Å². The summed E-state index contributed by atoms with van der Waals surface area (Å²) in [4.78, 5) is 2.55. The predicted molar refractivity (Wildman–Crippen MR) is 74.5 cm³/mol. The average Bonchev–Trinajstić information content (AvgIpc) is 2.33. The van der Waals surface area contributed by atoms with Crippen molar-refractivity contribution in [2.45, 2.75) is 38.6 Å². The molecule has 2 heterocycles. The Labute approximate surface area is 111 Å². The number of hydrogen-bond donors (Lipinski definition) is 1. The summed E-state index contributed by atoms with van der Waals surface area (Å²) in [6.07, 6.45) is 2.78. The molecule has 0 aromatic heterocycles. The Kier molecular flexibility index (Phi) is 4.34. The highest BCUT2D eigenvalue weighted by molar-refractivity contribution is 7.91. The van der Waals surface area contributed by atoms with Gasteiger partial charge in [-0.05, 0) is 25.2 Å². The lowest BCUT2D eigenvalue weighted by molar-refractivity contribution is 0.0448. The largest absolute Gasteiger partial charge is 0.314 e. The molecular weight excluding hydrogens is 248 g/mol. The van der Waals surface area contributed by atoms with Crippen molar-refractivity contribution in [1.29, 1.82) is 0 Å². The molecule has 18 heavy (non-hydrogen) atoms. The Morgan fingerprint density at radius 3 is 2.22 bits per heavy atom. The highest BCUT2D eigenvalue weighted by atomic mass is 32.2. The first-order valence-corrected chi connectivity index (χ1v) is 8.92. The minimum absolute atomic E-state index is 0.140. The maximum atomic E-state index is 11.7. The van der Waals surface area contributed by atoms with Crippen molar-refractivity contribution in [1.82, 2.24) is 10.2 Å². The van der Waals surface area contributed by atoms with Crippen LogP contribution in [0.5, 0.6) is 0 Å². The van der Waals surface area contributed by atoms with Crippen molar-refractivity contribution in [2.24, 2.45) is 5.92 Å². The highest BCUT2D eigenvalue weighted by Gasteiger charge is 2.42. The third-order valence-corrected chi connectivity index (χ3v) is 5.99. The van der Waals surface area contributed by atoms with E-state index in [0.29, 0.717) is 17.4 Å². The van der Waals surface area contributed by atoms with Gasteiger partial charge < -0.3 is 5.32 Å². The Balaban J connectivity index is 2.13. The fraction of sp³-hybridized carbons (Fsp3) is 1.00. The second-order valence-corrected chi connectivity index (χ2v) is 8.51. The summed E-state index contributed by atoms with van der Waals surface area (Å²) >= 11 is 0. The van der Waals surface area contributed by atoms with E-state index in [1.807, 2.05) is 0 Å². The van der Waals surface area contributed by atoms with Crippen LogP contribution in [0.2, 0.25) is 0 Å². The first kappa shape index (κ1) is 14.3. The lowest BCUT2D eigenvalue weighted by atomic mass is 9.81. The summed E-state index contributed by atoms with van der Waals surface area (Å²) in [6, 6.07) is 0. The molecule has 0 atom stereocenters. The molecule has 106 valence electrons. The van der Waals surface area contributed by atoms with Crippen molar-refractivity contribution in [3.63, 3.8) is 0 Å². The smallest absolute Gasteiger partial charge is 0.150 e. The van der Waals surface area contributed by atoms with Gasteiger partial charge in [0.2, 0.25) is 0 Å². The standard InChI is InChI=1S/C13H26N2O2S/c1-12(2)11-13(15-7-5-14-6-8-15)3-9-18(16,17)10-4-13/h12,14H,3-11H2,1-2H3. The molecule has 4 nitrogen and oxygen atoms in total. The van der Waals surface area contributed by atoms with Gasteiger partial charge in [-0.1, -0.05) is 13.8 Å². The summed E-state index contributed by atoms with van der Waals surface area (Å²) in [5, 5.41) is 3.38. The maximum Gasteiger partial charge on any atom is 0.150 e. The van der Waals surface area contributed by atoms with Crippen LogP contribution in [0.4, 0.5) is 0 Å². The predicted octanol–water partition coefficient (Wildman–Crippen LogP) is 0.885. The van der Waals surface area contributed by atoms with Gasteiger partial charge in [-0.3, -0.25) is 4.90 Å². The number of piperazine rings is 1. The molecule has 0 aromatic rings. The first-order chi connectivity index (χ1) is 8.44. The van der Waals surface area contributed by atoms with E-state index in [-0.39, 0.29) is 5.54 Å². The topological polar surface area (TPSA) is 49.4 Å². The van der Waals surface area contributed by atoms with E-state index >= 15 is 0 Å². The fourth-order valence-corrected chi connectivity index (χ4v) is 5.05. The third-order valence-electron chi connectivity index (χ3n) is 4.33. The average molecular weight is 274 g/mol. The molecule has 0 aliphatic carbocycles. The quantitative estimate of drug-likeness (QED) is 0.830. The summed E-state index contributed by atoms with van der Waals surface area (Å²) in [7, 11) is -2.77. The highest BCUT2D eigenvalue weighted by Crippen LogP contribution is 2.36. The molecule has 0 saturated carbocycles. The van der Waals surface area contributed by atoms with E-state index in [9.17, 15) is 8.42 Å². The number of sulfone groups is 1. The number of nitrogens with zero attached hydrogens (tertiary/aromatic N) is 1. The minimum Gasteiger partial charge on any atom is -0.314 e. The molecule has 2 aliphatic rings.